The molecule has 3 aromatic rings. The monoisotopic (exact) mass is 590 g/mol. The van der Waals surface area contributed by atoms with Crippen molar-refractivity contribution in [3.05, 3.63) is 95.8 Å². The van der Waals surface area contributed by atoms with Crippen LogP contribution >= 0.6 is 0 Å². The van der Waals surface area contributed by atoms with Crippen molar-refractivity contribution in [2.45, 2.75) is 58.0 Å². The Hall–Kier alpha value is -2.09. The molecule has 0 spiro atoms. The number of aliphatic hydroxyl groups is 1. The van der Waals surface area contributed by atoms with Crippen LogP contribution in [0.5, 0.6) is 5.75 Å². The van der Waals surface area contributed by atoms with Crippen LogP contribution in [0.2, 0.25) is 0 Å². The second-order valence-corrected chi connectivity index (χ2v) is 10.2. The average Bonchev–Trinajstić information content (AvgIpc) is 3.12. The minimum Gasteiger partial charge on any atom is -0.550 e. The van der Waals surface area contributed by atoms with E-state index in [1.807, 2.05) is 88.4 Å². The van der Waals surface area contributed by atoms with Gasteiger partial charge in [-0.1, -0.05) is 66.7 Å². The van der Waals surface area contributed by atoms with E-state index in [4.69, 9.17) is 28.7 Å². The number of halogens is 1. The minimum atomic E-state index is -1.56. The van der Waals surface area contributed by atoms with Crippen molar-refractivity contribution in [3.8, 4) is 5.75 Å². The van der Waals surface area contributed by atoms with E-state index in [1.165, 1.54) is 18.2 Å². The van der Waals surface area contributed by atoms with Crippen molar-refractivity contribution in [2.75, 3.05) is 6.61 Å². The SMILES string of the molecule is CC(=O)[O-].CC1(C)OB(c2ccc(OC[C@@H](O)C(=O)OC(c3ccccc3)c3ccccc3)cc2F)OC1(C)C.[K+]. The number of carboxylic acids is 1. The Morgan fingerprint density at radius 1 is 0.927 bits per heavy atom. The molecule has 0 amide bonds. The van der Waals surface area contributed by atoms with Crippen molar-refractivity contribution < 1.29 is 94.4 Å². The van der Waals surface area contributed by atoms with Crippen LogP contribution < -0.4 is 66.7 Å². The summed E-state index contributed by atoms with van der Waals surface area (Å²) in [5.41, 5.74) is 0.591. The second kappa shape index (κ2) is 15.4. The first-order chi connectivity index (χ1) is 18.8. The number of carbonyl (C=O) groups is 2. The number of carbonyl (C=O) groups excluding carboxylic acids is 2. The average molecular weight is 590 g/mol. The van der Waals surface area contributed by atoms with Gasteiger partial charge in [-0.3, -0.25) is 0 Å². The van der Waals surface area contributed by atoms with Crippen molar-refractivity contribution in [1.29, 1.82) is 0 Å². The van der Waals surface area contributed by atoms with E-state index in [9.17, 15) is 14.3 Å². The summed E-state index contributed by atoms with van der Waals surface area (Å²) in [6, 6.07) is 22.7. The molecule has 1 aliphatic heterocycles. The molecule has 1 N–H and O–H groups in total. The van der Waals surface area contributed by atoms with Gasteiger partial charge < -0.3 is 33.8 Å². The van der Waals surface area contributed by atoms with Crippen LogP contribution in [0.3, 0.4) is 0 Å². The molecular formula is C30H33BFKO8. The summed E-state index contributed by atoms with van der Waals surface area (Å²) in [7, 11) is -0.850. The Kier molecular flexibility index (Phi) is 13.2. The summed E-state index contributed by atoms with van der Waals surface area (Å²) in [4.78, 5) is 21.6. The first kappa shape index (κ1) is 35.1. The number of ether oxygens (including phenoxy) is 2. The quantitative estimate of drug-likeness (QED) is 0.287. The molecule has 212 valence electrons. The minimum absolute atomic E-state index is 0. The van der Waals surface area contributed by atoms with Gasteiger partial charge in [0.15, 0.2) is 12.2 Å². The largest absolute Gasteiger partial charge is 1.00 e. The molecular weight excluding hydrogens is 557 g/mol. The van der Waals surface area contributed by atoms with Gasteiger partial charge in [0.2, 0.25) is 0 Å². The molecule has 41 heavy (non-hydrogen) atoms. The van der Waals surface area contributed by atoms with Gasteiger partial charge in [-0.2, -0.15) is 0 Å². The zero-order valence-electron chi connectivity index (χ0n) is 24.1. The van der Waals surface area contributed by atoms with Crippen LogP contribution in [0.25, 0.3) is 0 Å². The molecule has 3 aromatic carbocycles. The van der Waals surface area contributed by atoms with E-state index in [0.717, 1.165) is 18.1 Å². The van der Waals surface area contributed by atoms with Crippen LogP contribution in [0.4, 0.5) is 4.39 Å². The molecule has 1 fully saturated rings. The van der Waals surface area contributed by atoms with Crippen molar-refractivity contribution in [3.63, 3.8) is 0 Å². The van der Waals surface area contributed by atoms with E-state index in [1.54, 1.807) is 0 Å². The maximum Gasteiger partial charge on any atom is 1.00 e. The first-order valence-electron chi connectivity index (χ1n) is 12.7. The molecule has 0 unspecified atom stereocenters. The maximum atomic E-state index is 14.8. The predicted molar refractivity (Wildman–Crippen MR) is 145 cm³/mol. The molecule has 0 saturated carbocycles. The molecule has 0 radical (unpaired) electrons. The normalized spacial score (nSPS) is 15.7. The third-order valence-corrected chi connectivity index (χ3v) is 6.60. The molecule has 1 saturated heterocycles. The third kappa shape index (κ3) is 9.72. The smallest absolute Gasteiger partial charge is 0.550 e. The number of hydrogen-bond acceptors (Lipinski definition) is 8. The fraction of sp³-hybridized carbons (Fsp3) is 0.333. The van der Waals surface area contributed by atoms with Crippen LogP contribution in [-0.4, -0.2) is 48.1 Å². The van der Waals surface area contributed by atoms with Crippen molar-refractivity contribution in [2.24, 2.45) is 0 Å². The van der Waals surface area contributed by atoms with Gasteiger partial charge in [-0.15, -0.1) is 0 Å². The molecule has 8 nitrogen and oxygen atoms in total. The Morgan fingerprint density at radius 2 is 1.39 bits per heavy atom. The first-order valence-corrected chi connectivity index (χ1v) is 12.7. The molecule has 0 bridgehead atoms. The Morgan fingerprint density at radius 3 is 1.83 bits per heavy atom. The Labute approximate surface area is 282 Å². The predicted octanol–water partition coefficient (Wildman–Crippen LogP) is -0.0424. The molecule has 1 aliphatic rings. The summed E-state index contributed by atoms with van der Waals surface area (Å²) in [5.74, 6) is -2.35. The number of rotatable bonds is 8. The number of aliphatic carboxylic acids is 1. The molecule has 0 aliphatic carbocycles. The standard InChI is InChI=1S/C28H30BFO6.C2H4O2.K/c1-27(2)28(3,4)36-29(35-27)22-16-15-21(17-23(22)30)33-18-24(31)26(32)34-25(19-11-7-5-8-12-19)20-13-9-6-10-14-20;1-2(3)4;/h5-17,24-25,31H,18H2,1-4H3;1H3,(H,3,4);/q;;+1/p-1/t24-;;/m1../s1. The van der Waals surface area contributed by atoms with Gasteiger partial charge in [0, 0.05) is 17.5 Å². The van der Waals surface area contributed by atoms with Crippen LogP contribution in [0, 0.1) is 5.82 Å². The molecule has 4 rings (SSSR count). The van der Waals surface area contributed by atoms with E-state index in [2.05, 4.69) is 0 Å². The van der Waals surface area contributed by atoms with E-state index in [0.29, 0.717) is 0 Å². The number of carboxylic acid groups (broad SMARTS) is 1. The third-order valence-electron chi connectivity index (χ3n) is 6.60. The van der Waals surface area contributed by atoms with Gasteiger partial charge >= 0.3 is 64.5 Å². The van der Waals surface area contributed by atoms with E-state index >= 15 is 0 Å². The van der Waals surface area contributed by atoms with Crippen LogP contribution in [0.15, 0.2) is 78.9 Å². The zero-order chi connectivity index (χ0) is 29.5. The van der Waals surface area contributed by atoms with Gasteiger partial charge in [0.05, 0.1) is 11.2 Å². The molecule has 0 aromatic heterocycles. The van der Waals surface area contributed by atoms with Crippen LogP contribution in [-0.2, 0) is 23.6 Å². The summed E-state index contributed by atoms with van der Waals surface area (Å²) >= 11 is 0. The molecule has 1 heterocycles. The summed E-state index contributed by atoms with van der Waals surface area (Å²) in [6.45, 7) is 8.14. The summed E-state index contributed by atoms with van der Waals surface area (Å²) in [6.07, 6.45) is -2.25. The zero-order valence-corrected chi connectivity index (χ0v) is 27.3. The van der Waals surface area contributed by atoms with Crippen molar-refractivity contribution >= 4 is 24.5 Å². The summed E-state index contributed by atoms with van der Waals surface area (Å²) in [5, 5.41) is 19.3. The van der Waals surface area contributed by atoms with Gasteiger partial charge in [0.1, 0.15) is 18.2 Å². The Bertz CT molecular complexity index is 1230. The topological polar surface area (TPSA) is 114 Å². The number of aliphatic hydroxyl groups excluding tert-OH is 1. The Balaban J connectivity index is 0.00000110. The number of esters is 1. The fourth-order valence-electron chi connectivity index (χ4n) is 3.78. The van der Waals surface area contributed by atoms with Gasteiger partial charge in [-0.25, -0.2) is 9.18 Å². The van der Waals surface area contributed by atoms with Crippen LogP contribution in [0.1, 0.15) is 51.8 Å². The molecule has 11 heteroatoms. The van der Waals surface area contributed by atoms with E-state index < -0.39 is 54.9 Å². The number of hydrogen-bond donors (Lipinski definition) is 1. The maximum absolute atomic E-state index is 14.8. The van der Waals surface area contributed by atoms with Gasteiger partial charge in [-0.05, 0) is 51.8 Å². The van der Waals surface area contributed by atoms with Gasteiger partial charge in [0.25, 0.3) is 0 Å². The fourth-order valence-corrected chi connectivity index (χ4v) is 3.78. The summed E-state index contributed by atoms with van der Waals surface area (Å²) < 4.78 is 37.8. The molecule has 1 atom stereocenters. The van der Waals surface area contributed by atoms with Crippen molar-refractivity contribution in [1.82, 2.24) is 0 Å². The second-order valence-electron chi connectivity index (χ2n) is 10.2. The number of benzene rings is 3. The van der Waals surface area contributed by atoms with E-state index in [-0.39, 0.29) is 62.6 Å².